The number of hydrogen-bond donors (Lipinski definition) is 2. The fourth-order valence-electron chi connectivity index (χ4n) is 2.40. The number of carbonyl (C=O) groups excluding carboxylic acids is 1. The van der Waals surface area contributed by atoms with E-state index in [2.05, 4.69) is 21.7 Å². The van der Waals surface area contributed by atoms with Crippen LogP contribution in [0.3, 0.4) is 0 Å². The first-order valence-corrected chi connectivity index (χ1v) is 7.64. The van der Waals surface area contributed by atoms with Gasteiger partial charge in [0.1, 0.15) is 0 Å². The molecule has 0 aliphatic rings. The number of benzene rings is 2. The highest BCUT2D eigenvalue weighted by Gasteiger charge is 2.06. The maximum Gasteiger partial charge on any atom is 0.226 e. The van der Waals surface area contributed by atoms with E-state index in [0.29, 0.717) is 18.5 Å². The summed E-state index contributed by atoms with van der Waals surface area (Å²) in [7, 11) is 0. The Morgan fingerprint density at radius 2 is 1.88 bits per heavy atom. The molecule has 118 valence electrons. The lowest BCUT2D eigenvalue weighted by molar-refractivity contribution is -0.115. The van der Waals surface area contributed by atoms with Gasteiger partial charge >= 0.3 is 0 Å². The summed E-state index contributed by atoms with van der Waals surface area (Å²) in [4.78, 5) is 16.4. The van der Waals surface area contributed by atoms with Gasteiger partial charge in [0.2, 0.25) is 5.91 Å². The van der Waals surface area contributed by atoms with Crippen LogP contribution in [0.5, 0.6) is 0 Å². The zero-order chi connectivity index (χ0) is 16.8. The van der Waals surface area contributed by atoms with Gasteiger partial charge < -0.3 is 10.6 Å². The first-order valence-electron chi connectivity index (χ1n) is 7.64. The van der Waals surface area contributed by atoms with Gasteiger partial charge in [0, 0.05) is 30.2 Å². The predicted molar refractivity (Wildman–Crippen MR) is 94.6 cm³/mol. The summed E-state index contributed by atoms with van der Waals surface area (Å²) in [5, 5.41) is 15.8. The number of aromatic nitrogens is 1. The van der Waals surface area contributed by atoms with Crippen molar-refractivity contribution in [1.82, 2.24) is 4.98 Å². The molecule has 0 saturated heterocycles. The molecule has 0 atom stereocenters. The zero-order valence-corrected chi connectivity index (χ0v) is 13.0. The number of rotatable bonds is 5. The molecule has 2 aromatic carbocycles. The monoisotopic (exact) mass is 316 g/mol. The highest BCUT2D eigenvalue weighted by molar-refractivity contribution is 6.00. The van der Waals surface area contributed by atoms with Crippen LogP contribution in [0.1, 0.15) is 12.0 Å². The summed E-state index contributed by atoms with van der Waals surface area (Å²) < 4.78 is 0. The third-order valence-electron chi connectivity index (χ3n) is 3.60. The van der Waals surface area contributed by atoms with Gasteiger partial charge in [0.25, 0.3) is 0 Å². The number of anilines is 2. The van der Waals surface area contributed by atoms with Gasteiger partial charge in [-0.3, -0.25) is 9.78 Å². The van der Waals surface area contributed by atoms with Crippen molar-refractivity contribution in [3.05, 3.63) is 66.4 Å². The minimum atomic E-state index is -0.0747. The van der Waals surface area contributed by atoms with E-state index in [1.165, 1.54) is 0 Å². The number of pyridine rings is 1. The SMILES string of the molecule is N#Cc1ccc(NCCC(=O)Nc2cccc3cccnc23)cc1. The molecule has 1 amide bonds. The molecule has 3 rings (SSSR count). The number of nitrogens with one attached hydrogen (secondary N) is 2. The lowest BCUT2D eigenvalue weighted by atomic mass is 10.2. The molecular weight excluding hydrogens is 300 g/mol. The van der Waals surface area contributed by atoms with Crippen molar-refractivity contribution in [2.45, 2.75) is 6.42 Å². The van der Waals surface area contributed by atoms with Crippen molar-refractivity contribution in [1.29, 1.82) is 5.26 Å². The smallest absolute Gasteiger partial charge is 0.226 e. The second-order valence-corrected chi connectivity index (χ2v) is 5.29. The van der Waals surface area contributed by atoms with E-state index < -0.39 is 0 Å². The number of hydrogen-bond acceptors (Lipinski definition) is 4. The third-order valence-corrected chi connectivity index (χ3v) is 3.60. The lowest BCUT2D eigenvalue weighted by Gasteiger charge is -2.09. The average Bonchev–Trinajstić information content (AvgIpc) is 2.63. The molecule has 0 fully saturated rings. The van der Waals surface area contributed by atoms with Crippen LogP contribution in [0.4, 0.5) is 11.4 Å². The van der Waals surface area contributed by atoms with E-state index in [4.69, 9.17) is 5.26 Å². The summed E-state index contributed by atoms with van der Waals surface area (Å²) in [5.41, 5.74) is 3.00. The molecule has 24 heavy (non-hydrogen) atoms. The summed E-state index contributed by atoms with van der Waals surface area (Å²) in [6, 6.07) is 18.7. The number of nitrogens with zero attached hydrogens (tertiary/aromatic N) is 2. The van der Waals surface area contributed by atoms with Crippen molar-refractivity contribution in [3.8, 4) is 6.07 Å². The second kappa shape index (κ2) is 7.25. The molecular formula is C19H16N4O. The molecule has 0 radical (unpaired) electrons. The summed E-state index contributed by atoms with van der Waals surface area (Å²) in [6.07, 6.45) is 2.05. The van der Waals surface area contributed by atoms with E-state index in [9.17, 15) is 4.79 Å². The molecule has 0 spiro atoms. The number of nitriles is 1. The molecule has 0 unspecified atom stereocenters. The van der Waals surface area contributed by atoms with Crippen LogP contribution in [0.15, 0.2) is 60.8 Å². The first-order chi connectivity index (χ1) is 11.8. The molecule has 0 bridgehead atoms. The van der Waals surface area contributed by atoms with Gasteiger partial charge in [-0.15, -0.1) is 0 Å². The first kappa shape index (κ1) is 15.5. The number of carbonyl (C=O) groups is 1. The van der Waals surface area contributed by atoms with Crippen LogP contribution >= 0.6 is 0 Å². The fraction of sp³-hybridized carbons (Fsp3) is 0.105. The molecule has 5 heteroatoms. The van der Waals surface area contributed by atoms with E-state index in [1.54, 1.807) is 18.3 Å². The predicted octanol–water partition coefficient (Wildman–Crippen LogP) is 3.55. The highest BCUT2D eigenvalue weighted by Crippen LogP contribution is 2.20. The van der Waals surface area contributed by atoms with Gasteiger partial charge in [0.05, 0.1) is 22.8 Å². The van der Waals surface area contributed by atoms with Crippen LogP contribution in [0.25, 0.3) is 10.9 Å². The second-order valence-electron chi connectivity index (χ2n) is 5.29. The van der Waals surface area contributed by atoms with E-state index in [-0.39, 0.29) is 5.91 Å². The largest absolute Gasteiger partial charge is 0.385 e. The topological polar surface area (TPSA) is 77.8 Å². The van der Waals surface area contributed by atoms with Gasteiger partial charge in [-0.05, 0) is 36.4 Å². The van der Waals surface area contributed by atoms with Crippen molar-refractivity contribution in [2.24, 2.45) is 0 Å². The van der Waals surface area contributed by atoms with Crippen LogP contribution in [-0.2, 0) is 4.79 Å². The van der Waals surface area contributed by atoms with Crippen LogP contribution in [-0.4, -0.2) is 17.4 Å². The number of para-hydroxylation sites is 1. The van der Waals surface area contributed by atoms with Crippen molar-refractivity contribution >= 4 is 28.2 Å². The number of fused-ring (bicyclic) bond motifs is 1. The maximum atomic E-state index is 12.1. The molecule has 0 saturated carbocycles. The third kappa shape index (κ3) is 3.68. The summed E-state index contributed by atoms with van der Waals surface area (Å²) in [5.74, 6) is -0.0747. The zero-order valence-electron chi connectivity index (χ0n) is 13.0. The normalized spacial score (nSPS) is 10.1. The molecule has 5 nitrogen and oxygen atoms in total. The Balaban J connectivity index is 1.56. The molecule has 1 aromatic heterocycles. The van der Waals surface area contributed by atoms with Crippen LogP contribution in [0, 0.1) is 11.3 Å². The molecule has 0 aliphatic carbocycles. The Bertz CT molecular complexity index is 892. The summed E-state index contributed by atoms with van der Waals surface area (Å²) >= 11 is 0. The Labute approximate surface area is 140 Å². The maximum absolute atomic E-state index is 12.1. The molecule has 1 heterocycles. The molecule has 2 N–H and O–H groups in total. The van der Waals surface area contributed by atoms with Gasteiger partial charge in [0.15, 0.2) is 0 Å². The standard InChI is InChI=1S/C19H16N4O/c20-13-14-6-8-16(9-7-14)21-12-10-18(24)23-17-5-1-3-15-4-2-11-22-19(15)17/h1-9,11,21H,10,12H2,(H,23,24). The number of amides is 1. The van der Waals surface area contributed by atoms with E-state index >= 15 is 0 Å². The van der Waals surface area contributed by atoms with E-state index in [0.717, 1.165) is 22.3 Å². The van der Waals surface area contributed by atoms with Gasteiger partial charge in [-0.25, -0.2) is 0 Å². The molecule has 3 aromatic rings. The Hall–Kier alpha value is -3.39. The van der Waals surface area contributed by atoms with Gasteiger partial charge in [-0.2, -0.15) is 5.26 Å². The van der Waals surface area contributed by atoms with Crippen molar-refractivity contribution in [3.63, 3.8) is 0 Å². The van der Waals surface area contributed by atoms with E-state index in [1.807, 2.05) is 42.5 Å². The Morgan fingerprint density at radius 1 is 1.08 bits per heavy atom. The highest BCUT2D eigenvalue weighted by atomic mass is 16.1. The van der Waals surface area contributed by atoms with Crippen molar-refractivity contribution in [2.75, 3.05) is 17.2 Å². The minimum Gasteiger partial charge on any atom is -0.385 e. The quantitative estimate of drug-likeness (QED) is 0.754. The lowest BCUT2D eigenvalue weighted by Crippen LogP contribution is -2.16. The average molecular weight is 316 g/mol. The van der Waals surface area contributed by atoms with Gasteiger partial charge in [-0.1, -0.05) is 18.2 Å². The Morgan fingerprint density at radius 3 is 2.67 bits per heavy atom. The van der Waals surface area contributed by atoms with Crippen LogP contribution < -0.4 is 10.6 Å². The minimum absolute atomic E-state index is 0.0747. The van der Waals surface area contributed by atoms with Crippen molar-refractivity contribution < 1.29 is 4.79 Å². The summed E-state index contributed by atoms with van der Waals surface area (Å²) in [6.45, 7) is 0.510. The Kier molecular flexibility index (Phi) is 4.68. The van der Waals surface area contributed by atoms with Crippen LogP contribution in [0.2, 0.25) is 0 Å². The fourth-order valence-corrected chi connectivity index (χ4v) is 2.40. The molecule has 0 aliphatic heterocycles.